The highest BCUT2D eigenvalue weighted by Gasteiger charge is 2.36. The number of aliphatic imine (C=N–C) groups is 1. The SMILES string of the molecule is COc1ccc(CC(=O)N[C@@H](C)C(=O)NC2N=C(c3ccccn3)c3ccccc3N(CC(=O)C(C)(C)C)C2=O)cc1. The molecule has 0 radical (unpaired) electrons. The maximum Gasteiger partial charge on any atom is 0.272 e. The number of carbonyl (C=O) groups is 4. The highest BCUT2D eigenvalue weighted by molar-refractivity contribution is 6.20. The fourth-order valence-corrected chi connectivity index (χ4v) is 4.32. The van der Waals surface area contributed by atoms with Gasteiger partial charge < -0.3 is 20.3 Å². The lowest BCUT2D eigenvalue weighted by Gasteiger charge is -2.28. The van der Waals surface area contributed by atoms with Crippen LogP contribution in [0, 0.1) is 5.41 Å². The zero-order chi connectivity index (χ0) is 30.4. The van der Waals surface area contributed by atoms with Crippen LogP contribution < -0.4 is 20.3 Å². The maximum absolute atomic E-state index is 14.0. The van der Waals surface area contributed by atoms with Crippen molar-refractivity contribution in [1.29, 1.82) is 0 Å². The number of hydrogen-bond donors (Lipinski definition) is 2. The van der Waals surface area contributed by atoms with Gasteiger partial charge in [-0.15, -0.1) is 0 Å². The maximum atomic E-state index is 14.0. The van der Waals surface area contributed by atoms with Crippen LogP contribution in [0.5, 0.6) is 5.75 Å². The Kier molecular flexibility index (Phi) is 9.15. The van der Waals surface area contributed by atoms with Crippen LogP contribution in [0.1, 0.15) is 44.5 Å². The standard InChI is InChI=1S/C32H35N5O5/c1-20(34-27(39)18-21-13-15-22(42-5)16-14-21)30(40)36-29-31(41)37(19-26(38)32(2,3)4)25-12-7-6-10-23(25)28(35-29)24-11-8-9-17-33-24/h6-17,20,29H,18-19H2,1-5H3,(H,34,39)(H,36,40)/t20-,29?/m0/s1. The van der Waals surface area contributed by atoms with Gasteiger partial charge in [0.15, 0.2) is 5.78 Å². The van der Waals surface area contributed by atoms with Crippen LogP contribution in [-0.4, -0.2) is 60.1 Å². The van der Waals surface area contributed by atoms with E-state index < -0.39 is 29.4 Å². The summed E-state index contributed by atoms with van der Waals surface area (Å²) >= 11 is 0. The lowest BCUT2D eigenvalue weighted by Crippen LogP contribution is -2.54. The highest BCUT2D eigenvalue weighted by atomic mass is 16.5. The zero-order valence-corrected chi connectivity index (χ0v) is 24.4. The number of benzodiazepines with no additional fused rings is 1. The van der Waals surface area contributed by atoms with Gasteiger partial charge in [-0.3, -0.25) is 24.2 Å². The van der Waals surface area contributed by atoms with E-state index in [1.54, 1.807) is 94.7 Å². The molecule has 0 saturated heterocycles. The number of methoxy groups -OCH3 is 1. The molecule has 10 nitrogen and oxygen atoms in total. The summed E-state index contributed by atoms with van der Waals surface area (Å²) in [5, 5.41) is 5.36. The minimum atomic E-state index is -1.37. The molecule has 218 valence electrons. The molecule has 3 aromatic rings. The average Bonchev–Trinajstić information content (AvgIpc) is 3.08. The Hall–Kier alpha value is -4.86. The molecule has 1 aliphatic rings. The summed E-state index contributed by atoms with van der Waals surface area (Å²) in [5.74, 6) is -1.02. The molecule has 2 N–H and O–H groups in total. The van der Waals surface area contributed by atoms with Gasteiger partial charge in [0, 0.05) is 17.2 Å². The van der Waals surface area contributed by atoms with Crippen LogP contribution in [0.25, 0.3) is 0 Å². The van der Waals surface area contributed by atoms with E-state index in [0.29, 0.717) is 28.4 Å². The van der Waals surface area contributed by atoms with Crippen molar-refractivity contribution in [3.8, 4) is 5.75 Å². The molecule has 1 aromatic heterocycles. The van der Waals surface area contributed by atoms with E-state index in [1.807, 2.05) is 6.07 Å². The van der Waals surface area contributed by atoms with Gasteiger partial charge in [-0.05, 0) is 42.8 Å². The number of pyridine rings is 1. The Morgan fingerprint density at radius 1 is 1.00 bits per heavy atom. The number of hydrogen-bond acceptors (Lipinski definition) is 7. The summed E-state index contributed by atoms with van der Waals surface area (Å²) in [6.45, 7) is 6.69. The van der Waals surface area contributed by atoms with E-state index in [-0.39, 0.29) is 24.7 Å². The summed E-state index contributed by atoms with van der Waals surface area (Å²) in [7, 11) is 1.56. The van der Waals surface area contributed by atoms with Gasteiger partial charge in [-0.1, -0.05) is 57.2 Å². The number of ether oxygens (including phenoxy) is 1. The van der Waals surface area contributed by atoms with E-state index in [0.717, 1.165) is 5.56 Å². The van der Waals surface area contributed by atoms with Crippen molar-refractivity contribution in [1.82, 2.24) is 15.6 Å². The smallest absolute Gasteiger partial charge is 0.272 e. The van der Waals surface area contributed by atoms with Crippen LogP contribution in [0.3, 0.4) is 0 Å². The number of fused-ring (bicyclic) bond motifs is 1. The molecule has 10 heteroatoms. The zero-order valence-electron chi connectivity index (χ0n) is 24.4. The normalized spacial score (nSPS) is 15.5. The number of anilines is 1. The molecule has 1 unspecified atom stereocenters. The quantitative estimate of drug-likeness (QED) is 0.407. The Bertz CT molecular complexity index is 1500. The average molecular weight is 570 g/mol. The number of nitrogens with zero attached hydrogens (tertiary/aromatic N) is 3. The molecule has 0 spiro atoms. The largest absolute Gasteiger partial charge is 0.497 e. The van der Waals surface area contributed by atoms with Gasteiger partial charge in [0.2, 0.25) is 18.0 Å². The number of amides is 3. The van der Waals surface area contributed by atoms with Crippen molar-refractivity contribution in [3.63, 3.8) is 0 Å². The molecule has 1 aliphatic heterocycles. The van der Waals surface area contributed by atoms with Crippen LogP contribution in [-0.2, 0) is 25.6 Å². The van der Waals surface area contributed by atoms with Gasteiger partial charge in [0.05, 0.1) is 37.2 Å². The Morgan fingerprint density at radius 3 is 2.33 bits per heavy atom. The first kappa shape index (κ1) is 30.1. The monoisotopic (exact) mass is 569 g/mol. The minimum Gasteiger partial charge on any atom is -0.497 e. The molecular formula is C32H35N5O5. The Morgan fingerprint density at radius 2 is 1.69 bits per heavy atom. The third kappa shape index (κ3) is 7.06. The van der Waals surface area contributed by atoms with Crippen molar-refractivity contribution in [2.75, 3.05) is 18.6 Å². The first-order valence-electron chi connectivity index (χ1n) is 13.6. The summed E-state index contributed by atoms with van der Waals surface area (Å²) < 4.78 is 5.14. The van der Waals surface area contributed by atoms with Crippen LogP contribution in [0.4, 0.5) is 5.69 Å². The van der Waals surface area contributed by atoms with Crippen LogP contribution in [0.2, 0.25) is 0 Å². The van der Waals surface area contributed by atoms with Crippen molar-refractivity contribution < 1.29 is 23.9 Å². The second-order valence-electron chi connectivity index (χ2n) is 11.0. The lowest BCUT2D eigenvalue weighted by molar-refractivity contribution is -0.131. The highest BCUT2D eigenvalue weighted by Crippen LogP contribution is 2.29. The van der Waals surface area contributed by atoms with E-state index in [9.17, 15) is 19.2 Å². The molecule has 42 heavy (non-hydrogen) atoms. The first-order chi connectivity index (χ1) is 20.0. The van der Waals surface area contributed by atoms with Crippen molar-refractivity contribution in [3.05, 3.63) is 89.7 Å². The number of benzene rings is 2. The van der Waals surface area contributed by atoms with E-state index >= 15 is 0 Å². The minimum absolute atomic E-state index is 0.0595. The summed E-state index contributed by atoms with van der Waals surface area (Å²) in [6, 6.07) is 18.5. The van der Waals surface area contributed by atoms with E-state index in [2.05, 4.69) is 20.6 Å². The number of nitrogens with one attached hydrogen (secondary N) is 2. The van der Waals surface area contributed by atoms with Crippen molar-refractivity contribution in [2.45, 2.75) is 46.3 Å². The van der Waals surface area contributed by atoms with Gasteiger partial charge >= 0.3 is 0 Å². The van der Waals surface area contributed by atoms with Gasteiger partial charge in [-0.25, -0.2) is 4.99 Å². The second kappa shape index (κ2) is 12.8. The number of ketones is 1. The molecule has 2 atom stereocenters. The predicted molar refractivity (Wildman–Crippen MR) is 159 cm³/mol. The fourth-order valence-electron chi connectivity index (χ4n) is 4.32. The Labute approximate surface area is 245 Å². The molecule has 2 aromatic carbocycles. The van der Waals surface area contributed by atoms with Gasteiger partial charge in [0.25, 0.3) is 5.91 Å². The van der Waals surface area contributed by atoms with Crippen molar-refractivity contribution in [2.24, 2.45) is 10.4 Å². The molecule has 3 amide bonds. The second-order valence-corrected chi connectivity index (χ2v) is 11.0. The van der Waals surface area contributed by atoms with Gasteiger partial charge in [0.1, 0.15) is 11.8 Å². The predicted octanol–water partition coefficient (Wildman–Crippen LogP) is 3.08. The summed E-state index contributed by atoms with van der Waals surface area (Å²) in [4.78, 5) is 63.5. The van der Waals surface area contributed by atoms with E-state index in [1.165, 1.54) is 11.8 Å². The fraction of sp³-hybridized carbons (Fsp3) is 0.312. The molecule has 0 fully saturated rings. The Balaban J connectivity index is 1.61. The van der Waals surface area contributed by atoms with Crippen molar-refractivity contribution >= 4 is 34.9 Å². The molecule has 0 bridgehead atoms. The topological polar surface area (TPSA) is 130 Å². The number of carbonyl (C=O) groups excluding carboxylic acids is 4. The van der Waals surface area contributed by atoms with Gasteiger partial charge in [-0.2, -0.15) is 0 Å². The number of Topliss-reactive ketones (excluding diaryl/α,β-unsaturated/α-hetero) is 1. The van der Waals surface area contributed by atoms with E-state index in [4.69, 9.17) is 4.74 Å². The molecule has 0 aliphatic carbocycles. The third-order valence-corrected chi connectivity index (χ3v) is 6.83. The molecule has 0 saturated carbocycles. The third-order valence-electron chi connectivity index (χ3n) is 6.83. The lowest BCUT2D eigenvalue weighted by atomic mass is 9.90. The number of rotatable bonds is 9. The van der Waals surface area contributed by atoms with Crippen LogP contribution >= 0.6 is 0 Å². The van der Waals surface area contributed by atoms with Crippen LogP contribution in [0.15, 0.2) is 77.9 Å². The number of aromatic nitrogens is 1. The summed E-state index contributed by atoms with van der Waals surface area (Å²) in [6.07, 6.45) is 0.307. The molecule has 4 rings (SSSR count). The number of para-hydroxylation sites is 1. The summed E-state index contributed by atoms with van der Waals surface area (Å²) in [5.41, 5.74) is 2.04. The molecular weight excluding hydrogens is 534 g/mol. The first-order valence-corrected chi connectivity index (χ1v) is 13.6. The molecule has 2 heterocycles.